The van der Waals surface area contributed by atoms with E-state index in [9.17, 15) is 86.6 Å². The van der Waals surface area contributed by atoms with E-state index < -0.39 is 197 Å². The van der Waals surface area contributed by atoms with E-state index in [0.717, 1.165) is 0 Å². The largest absolute Gasteiger partial charge is 0.480 e. The highest BCUT2D eigenvalue weighted by atomic mass is 16.4. The first-order valence-electron chi connectivity index (χ1n) is 28.4. The average molecular weight is 1250 g/mol. The fourth-order valence-electron chi connectivity index (χ4n) is 7.07. The molecule has 0 unspecified atom stereocenters. The lowest BCUT2D eigenvalue weighted by molar-refractivity contribution is -0.142. The van der Waals surface area contributed by atoms with Crippen LogP contribution in [-0.2, 0) is 81.5 Å². The quantitative estimate of drug-likeness (QED) is 0.0259. The number of carbonyl (C=O) groups is 17. The second kappa shape index (κ2) is 38.2. The summed E-state index contributed by atoms with van der Waals surface area (Å²) in [4.78, 5) is 215. The molecule has 0 heterocycles. The molecule has 0 rings (SSSR count). The molecule has 0 radical (unpaired) electrons. The summed E-state index contributed by atoms with van der Waals surface area (Å²) in [6.45, 7) is 21.1. The van der Waals surface area contributed by atoms with E-state index in [1.54, 1.807) is 0 Å². The van der Waals surface area contributed by atoms with Crippen molar-refractivity contribution in [3.05, 3.63) is 0 Å². The summed E-state index contributed by atoms with van der Waals surface area (Å²) in [5, 5.41) is 47.4. The minimum absolute atomic E-state index is 0.122. The number of nitrogens with one attached hydrogen (secondary N) is 16. The molecule has 0 aliphatic rings. The van der Waals surface area contributed by atoms with Crippen LogP contribution in [0.1, 0.15) is 130 Å². The van der Waals surface area contributed by atoms with Crippen LogP contribution in [0.4, 0.5) is 0 Å². The second-order valence-corrected chi connectivity index (χ2v) is 21.3. The normalized spacial score (nSPS) is 16.3. The van der Waals surface area contributed by atoms with Crippen LogP contribution in [0.25, 0.3) is 0 Å². The van der Waals surface area contributed by atoms with E-state index in [1.165, 1.54) is 111 Å². The molecular weight excluding hydrogens is 1160 g/mol. The summed E-state index contributed by atoms with van der Waals surface area (Å²) in [6.07, 6.45) is 1.12. The molecule has 0 aliphatic carbocycles. The van der Waals surface area contributed by atoms with E-state index >= 15 is 0 Å². The molecular formula is C53H91N17O18. The van der Waals surface area contributed by atoms with Crippen molar-refractivity contribution in [1.82, 2.24) is 85.1 Å². The summed E-state index contributed by atoms with van der Waals surface area (Å²) in [6, 6.07) is -19.4. The van der Waals surface area contributed by atoms with Crippen molar-refractivity contribution >= 4 is 100 Å². The fourth-order valence-corrected chi connectivity index (χ4v) is 7.07. The van der Waals surface area contributed by atoms with Crippen LogP contribution in [0.3, 0.4) is 0 Å². The highest BCUT2D eigenvalue weighted by molar-refractivity contribution is 6.00. The third-order valence-corrected chi connectivity index (χ3v) is 12.9. The number of carbonyl (C=O) groups excluding carboxylic acids is 16. The first-order valence-corrected chi connectivity index (χ1v) is 28.4. The van der Waals surface area contributed by atoms with Gasteiger partial charge < -0.3 is 95.9 Å². The van der Waals surface area contributed by atoms with Gasteiger partial charge in [0.25, 0.3) is 0 Å². The van der Waals surface area contributed by atoms with Gasteiger partial charge in [0.05, 0.1) is 0 Å². The molecule has 16 atom stereocenters. The number of aliphatic carboxylic acids is 1. The molecule has 0 aliphatic heterocycles. The first-order chi connectivity index (χ1) is 40.6. The molecule has 0 spiro atoms. The topological polar surface area (TPSA) is 529 Å². The minimum Gasteiger partial charge on any atom is -0.480 e. The molecule has 0 aromatic heterocycles. The van der Waals surface area contributed by atoms with Crippen LogP contribution < -0.4 is 90.8 Å². The summed E-state index contributed by atoms with van der Waals surface area (Å²) < 4.78 is 0. The van der Waals surface area contributed by atoms with Crippen LogP contribution in [0.5, 0.6) is 0 Å². The van der Waals surface area contributed by atoms with Gasteiger partial charge in [-0.25, -0.2) is 4.79 Å². The maximum absolute atomic E-state index is 13.0. The molecule has 0 aromatic carbocycles. The number of carboxylic acids is 1. The molecule has 19 N–H and O–H groups in total. The number of carboxylic acid groups (broad SMARTS) is 1. The number of unbranched alkanes of at least 4 members (excludes halogenated alkanes) is 1. The molecule has 0 bridgehead atoms. The van der Waals surface area contributed by atoms with E-state index in [2.05, 4.69) is 85.1 Å². The Hall–Kier alpha value is -9.05. The van der Waals surface area contributed by atoms with Crippen molar-refractivity contribution in [3.63, 3.8) is 0 Å². The Morgan fingerprint density at radius 1 is 0.250 bits per heavy atom. The lowest BCUT2D eigenvalue weighted by Crippen LogP contribution is -2.59. The van der Waals surface area contributed by atoms with E-state index in [-0.39, 0.29) is 6.42 Å². The van der Waals surface area contributed by atoms with Crippen LogP contribution in [0.2, 0.25) is 0 Å². The van der Waals surface area contributed by atoms with E-state index in [0.29, 0.717) is 19.4 Å². The molecule has 35 heteroatoms. The monoisotopic (exact) mass is 1250 g/mol. The van der Waals surface area contributed by atoms with Gasteiger partial charge in [0.2, 0.25) is 94.5 Å². The SMILES string of the molecule is CC(=O)N[C@@H](C)C(=O)N[C@@H](C)C(=O)N[C@@H](C)C(=O)N[C@H](C)C(=O)N[C@@H](C)C(=O)N[C@H](C)C(=O)N[C@@H](C)C(=O)N[C@H](C)C(=O)N[C@@H](C)C(=O)N[C@H](C)C(=O)N[C@@H](C)C(=O)N[C@H](C)C(=O)N[C@@H](C)C(=O)N[C@@H](C)C(=O)N[C@@H](C)C(=O)N[C@@H](CCCCN)C(=O)O. The van der Waals surface area contributed by atoms with Crippen molar-refractivity contribution in [2.75, 3.05) is 6.54 Å². The summed E-state index contributed by atoms with van der Waals surface area (Å²) in [7, 11) is 0. The molecule has 0 saturated carbocycles. The Morgan fingerprint density at radius 2 is 0.386 bits per heavy atom. The predicted molar refractivity (Wildman–Crippen MR) is 312 cm³/mol. The van der Waals surface area contributed by atoms with Gasteiger partial charge >= 0.3 is 5.97 Å². The Bertz CT molecular complexity index is 2570. The second-order valence-electron chi connectivity index (χ2n) is 21.3. The molecule has 496 valence electrons. The third-order valence-electron chi connectivity index (χ3n) is 12.9. The van der Waals surface area contributed by atoms with Gasteiger partial charge in [-0.3, -0.25) is 76.7 Å². The molecule has 35 nitrogen and oxygen atoms in total. The summed E-state index contributed by atoms with van der Waals surface area (Å²) in [5.74, 6) is -13.8. The molecule has 0 saturated heterocycles. The molecule has 0 aromatic rings. The van der Waals surface area contributed by atoms with E-state index in [1.807, 2.05) is 0 Å². The first kappa shape index (κ1) is 79.0. The van der Waals surface area contributed by atoms with E-state index in [4.69, 9.17) is 5.73 Å². The van der Waals surface area contributed by atoms with Crippen LogP contribution in [0.15, 0.2) is 0 Å². The Balaban J connectivity index is 5.01. The Labute approximate surface area is 509 Å². The van der Waals surface area contributed by atoms with Gasteiger partial charge in [0.1, 0.15) is 96.7 Å². The Morgan fingerprint density at radius 3 is 0.511 bits per heavy atom. The third kappa shape index (κ3) is 28.9. The van der Waals surface area contributed by atoms with Crippen LogP contribution >= 0.6 is 0 Å². The molecule has 88 heavy (non-hydrogen) atoms. The van der Waals surface area contributed by atoms with Gasteiger partial charge in [-0.05, 0) is 130 Å². The van der Waals surface area contributed by atoms with Gasteiger partial charge in [-0.1, -0.05) is 0 Å². The van der Waals surface area contributed by atoms with Crippen molar-refractivity contribution in [2.24, 2.45) is 5.73 Å². The van der Waals surface area contributed by atoms with Gasteiger partial charge in [-0.2, -0.15) is 0 Å². The lowest BCUT2D eigenvalue weighted by atomic mass is 10.1. The number of nitrogens with two attached hydrogens (primary N) is 1. The standard InChI is InChI=1S/C53H91N17O18/c1-21(55-36(16)71)38(72)56-22(2)39(73)57-23(3)40(74)58-24(4)41(75)59-25(5)42(76)60-26(6)43(77)61-27(7)44(78)62-28(8)45(79)63-29(9)46(80)64-30(10)47(81)65-31(11)48(82)66-32(12)49(83)67-33(13)50(84)68-34(14)51(85)69-35(15)52(86)70-37(53(87)88)19-17-18-20-54/h21-35,37H,17-20,54H2,1-16H3,(H,55,71)(H,56,72)(H,57,73)(H,58,74)(H,59,75)(H,60,76)(H,61,77)(H,62,78)(H,63,79)(H,64,80)(H,65,81)(H,66,82)(H,67,83)(H,68,84)(H,69,85)(H,70,86)(H,87,88)/t21-,22-,23-,24+,25-,26+,27-,28+,29-,30+,31-,32+,33-,34-,35-,37-/m0/s1. The number of hydrogen-bond acceptors (Lipinski definition) is 18. The van der Waals surface area contributed by atoms with Crippen molar-refractivity contribution in [3.8, 4) is 0 Å². The van der Waals surface area contributed by atoms with Crippen molar-refractivity contribution in [1.29, 1.82) is 0 Å². The highest BCUT2D eigenvalue weighted by Crippen LogP contribution is 2.03. The lowest BCUT2D eigenvalue weighted by Gasteiger charge is -2.24. The maximum Gasteiger partial charge on any atom is 0.326 e. The van der Waals surface area contributed by atoms with Gasteiger partial charge in [0.15, 0.2) is 0 Å². The summed E-state index contributed by atoms with van der Waals surface area (Å²) in [5.41, 5.74) is 5.44. The van der Waals surface area contributed by atoms with Gasteiger partial charge in [0, 0.05) is 6.92 Å². The van der Waals surface area contributed by atoms with Crippen LogP contribution in [0, 0.1) is 0 Å². The number of rotatable bonds is 36. The van der Waals surface area contributed by atoms with Gasteiger partial charge in [-0.15, -0.1) is 0 Å². The predicted octanol–water partition coefficient (Wildman–Crippen LogP) is -7.72. The highest BCUT2D eigenvalue weighted by Gasteiger charge is 2.32. The minimum atomic E-state index is -1.28. The van der Waals surface area contributed by atoms with Crippen molar-refractivity contribution < 1.29 is 86.6 Å². The van der Waals surface area contributed by atoms with Crippen LogP contribution in [-0.4, -0.2) is 209 Å². The zero-order valence-corrected chi connectivity index (χ0v) is 52.5. The molecule has 0 fully saturated rings. The van der Waals surface area contributed by atoms with Crippen molar-refractivity contribution in [2.45, 2.75) is 227 Å². The molecule has 16 amide bonds. The zero-order valence-electron chi connectivity index (χ0n) is 52.5. The zero-order chi connectivity index (χ0) is 68.2. The average Bonchev–Trinajstić information content (AvgIpc) is 3.56. The number of hydrogen-bond donors (Lipinski definition) is 18. The Kier molecular flexibility index (Phi) is 34.3. The fraction of sp³-hybridized carbons (Fsp3) is 0.679. The smallest absolute Gasteiger partial charge is 0.326 e. The summed E-state index contributed by atoms with van der Waals surface area (Å²) >= 11 is 0. The maximum atomic E-state index is 13.0. The number of amides is 16.